The molecule has 1 aliphatic rings. The number of hydrogen-bond acceptors (Lipinski definition) is 4. The topological polar surface area (TPSA) is 84.6 Å². The highest BCUT2D eigenvalue weighted by atomic mass is 79.9. The average Bonchev–Trinajstić information content (AvgIpc) is 3.15. The van der Waals surface area contributed by atoms with Crippen LogP contribution in [0.2, 0.25) is 5.02 Å². The number of fused-ring (bicyclic) bond motifs is 1. The third kappa shape index (κ3) is 4.67. The summed E-state index contributed by atoms with van der Waals surface area (Å²) in [5.41, 5.74) is 2.88. The number of para-hydroxylation sites is 1. The van der Waals surface area contributed by atoms with Crippen molar-refractivity contribution >= 4 is 49.1 Å². The van der Waals surface area contributed by atoms with Gasteiger partial charge in [0.1, 0.15) is 5.69 Å². The molecular weight excluding hydrogens is 616 g/mol. The molecule has 1 aromatic heterocycles. The molecule has 1 amide bonds. The van der Waals surface area contributed by atoms with Gasteiger partial charge in [0.25, 0.3) is 21.5 Å². The molecule has 1 atom stereocenters. The Bertz CT molecular complexity index is 1800. The number of anilines is 1. The molecule has 0 spiro atoms. The highest BCUT2D eigenvalue weighted by Gasteiger charge is 2.33. The Labute approximate surface area is 246 Å². The van der Waals surface area contributed by atoms with E-state index in [1.807, 2.05) is 31.2 Å². The normalized spacial score (nSPS) is 15.2. The van der Waals surface area contributed by atoms with Crippen LogP contribution in [0, 0.1) is 6.92 Å². The summed E-state index contributed by atoms with van der Waals surface area (Å²) in [6.45, 7) is 4.01. The first-order chi connectivity index (χ1) is 18.9. The number of aromatic nitrogens is 2. The first-order valence-corrected chi connectivity index (χ1v) is 15.2. The Morgan fingerprint density at radius 3 is 2.48 bits per heavy atom. The lowest BCUT2D eigenvalue weighted by molar-refractivity contribution is 0.0657. The number of halogens is 2. The minimum absolute atomic E-state index is 0.0142. The van der Waals surface area contributed by atoms with Gasteiger partial charge in [-0.25, -0.2) is 13.1 Å². The lowest BCUT2D eigenvalue weighted by Gasteiger charge is -2.35. The largest absolute Gasteiger partial charge is 0.331 e. The van der Waals surface area contributed by atoms with Crippen LogP contribution in [0.3, 0.4) is 0 Å². The second-order valence-electron chi connectivity index (χ2n) is 9.89. The van der Waals surface area contributed by atoms with Gasteiger partial charge < -0.3 is 4.90 Å². The maximum absolute atomic E-state index is 13.8. The van der Waals surface area contributed by atoms with E-state index in [9.17, 15) is 18.0 Å². The predicted molar refractivity (Wildman–Crippen MR) is 160 cm³/mol. The predicted octanol–water partition coefficient (Wildman–Crippen LogP) is 5.31. The molecule has 0 radical (unpaired) electrons. The Kier molecular flexibility index (Phi) is 7.45. The van der Waals surface area contributed by atoms with Gasteiger partial charge in [-0.2, -0.15) is 0 Å². The monoisotopic (exact) mass is 642 g/mol. The Morgan fingerprint density at radius 1 is 1.07 bits per heavy atom. The summed E-state index contributed by atoms with van der Waals surface area (Å²) >= 11 is 10.0. The Morgan fingerprint density at radius 2 is 1.77 bits per heavy atom. The lowest BCUT2D eigenvalue weighted by Crippen LogP contribution is -2.43. The zero-order valence-corrected chi connectivity index (χ0v) is 25.6. The van der Waals surface area contributed by atoms with Crippen molar-refractivity contribution in [3.8, 4) is 5.69 Å². The summed E-state index contributed by atoms with van der Waals surface area (Å²) in [6.07, 6.45) is 0.667. The number of nitrogens with zero attached hydrogens (tertiary/aromatic N) is 4. The summed E-state index contributed by atoms with van der Waals surface area (Å²) < 4.78 is 32.6. The van der Waals surface area contributed by atoms with Gasteiger partial charge in [0, 0.05) is 31.2 Å². The average molecular weight is 644 g/mol. The summed E-state index contributed by atoms with van der Waals surface area (Å²) in [6, 6.07) is 18.9. The van der Waals surface area contributed by atoms with E-state index in [0.29, 0.717) is 24.3 Å². The molecule has 8 nitrogen and oxygen atoms in total. The number of hydrogen-bond donors (Lipinski definition) is 0. The van der Waals surface area contributed by atoms with Gasteiger partial charge in [0.05, 0.1) is 26.9 Å². The number of carbonyl (C=O) groups excluding carboxylic acids is 1. The number of amides is 1. The summed E-state index contributed by atoms with van der Waals surface area (Å²) in [5.74, 6) is -0.360. The summed E-state index contributed by atoms with van der Waals surface area (Å²) in [5, 5.41) is 0.152. The molecule has 0 fully saturated rings. The molecule has 5 rings (SSSR count). The molecule has 0 bridgehead atoms. The van der Waals surface area contributed by atoms with Crippen molar-refractivity contribution in [2.75, 3.05) is 11.4 Å². The molecule has 2 heterocycles. The van der Waals surface area contributed by atoms with Gasteiger partial charge in [-0.15, -0.1) is 0 Å². The fourth-order valence-corrected chi connectivity index (χ4v) is 7.18. The molecule has 0 N–H and O–H groups in total. The third-order valence-electron chi connectivity index (χ3n) is 7.52. The van der Waals surface area contributed by atoms with Crippen molar-refractivity contribution < 1.29 is 13.2 Å². The fraction of sp³-hybridized carbons (Fsp3) is 0.241. The van der Waals surface area contributed by atoms with E-state index >= 15 is 0 Å². The van der Waals surface area contributed by atoms with Crippen molar-refractivity contribution in [1.29, 1.82) is 0 Å². The minimum atomic E-state index is -4.23. The first-order valence-electron chi connectivity index (χ1n) is 12.6. The molecule has 4 aromatic rings. The van der Waals surface area contributed by atoms with Crippen LogP contribution in [0.1, 0.15) is 34.1 Å². The van der Waals surface area contributed by atoms with E-state index in [1.165, 1.54) is 29.9 Å². The molecule has 0 saturated heterocycles. The highest BCUT2D eigenvalue weighted by Crippen LogP contribution is 2.32. The van der Waals surface area contributed by atoms with Crippen molar-refractivity contribution in [3.63, 3.8) is 0 Å². The number of sulfonamides is 1. The van der Waals surface area contributed by atoms with E-state index in [2.05, 4.69) is 15.9 Å². The van der Waals surface area contributed by atoms with Gasteiger partial charge in [0.15, 0.2) is 0 Å². The van der Waals surface area contributed by atoms with Crippen LogP contribution < -0.4 is 9.86 Å². The van der Waals surface area contributed by atoms with Gasteiger partial charge in [0.2, 0.25) is 0 Å². The standard InChI is InChI=1S/C29H28BrClN4O4S/c1-18-15-20-9-8-12-25(30)24(20)17-34(18)28(36)23-16-22(13-14-26(23)31)40(38,39)33(4)27-19(2)32(3)35(29(27)37)21-10-6-5-7-11-21/h5-14,16,18H,15,17H2,1-4H3. The van der Waals surface area contributed by atoms with E-state index in [-0.39, 0.29) is 33.1 Å². The maximum atomic E-state index is 13.8. The van der Waals surface area contributed by atoms with Crippen molar-refractivity contribution in [3.05, 3.63) is 109 Å². The summed E-state index contributed by atoms with van der Waals surface area (Å²) in [7, 11) is -1.19. The number of rotatable bonds is 5. The van der Waals surface area contributed by atoms with Gasteiger partial charge in [-0.3, -0.25) is 18.6 Å². The van der Waals surface area contributed by atoms with E-state index in [4.69, 9.17) is 11.6 Å². The molecular formula is C29H28BrClN4O4S. The molecule has 208 valence electrons. The smallest absolute Gasteiger partial charge is 0.296 e. The van der Waals surface area contributed by atoms with Crippen LogP contribution in [-0.2, 0) is 30.0 Å². The van der Waals surface area contributed by atoms with E-state index in [1.54, 1.807) is 47.8 Å². The Balaban J connectivity index is 1.52. The van der Waals surface area contributed by atoms with Crippen molar-refractivity contribution in [2.24, 2.45) is 7.05 Å². The van der Waals surface area contributed by atoms with E-state index < -0.39 is 15.6 Å². The van der Waals surface area contributed by atoms with E-state index in [0.717, 1.165) is 19.9 Å². The van der Waals surface area contributed by atoms with Crippen LogP contribution in [0.15, 0.2) is 80.9 Å². The quantitative estimate of drug-likeness (QED) is 0.295. The molecule has 1 aliphatic heterocycles. The van der Waals surface area contributed by atoms with Gasteiger partial charge in [-0.05, 0) is 67.8 Å². The lowest BCUT2D eigenvalue weighted by atomic mass is 9.94. The second-order valence-corrected chi connectivity index (χ2v) is 13.1. The third-order valence-corrected chi connectivity index (χ3v) is 10.3. The van der Waals surface area contributed by atoms with Gasteiger partial charge >= 0.3 is 0 Å². The van der Waals surface area contributed by atoms with Crippen LogP contribution >= 0.6 is 27.5 Å². The fourth-order valence-electron chi connectivity index (χ4n) is 5.18. The maximum Gasteiger partial charge on any atom is 0.296 e. The Hall–Kier alpha value is -3.34. The molecule has 3 aromatic carbocycles. The van der Waals surface area contributed by atoms with Crippen LogP contribution in [0.5, 0.6) is 0 Å². The molecule has 0 aliphatic carbocycles. The molecule has 0 saturated carbocycles. The molecule has 11 heteroatoms. The molecule has 40 heavy (non-hydrogen) atoms. The zero-order valence-electron chi connectivity index (χ0n) is 22.4. The second kappa shape index (κ2) is 10.6. The first kappa shape index (κ1) is 28.2. The highest BCUT2D eigenvalue weighted by molar-refractivity contribution is 9.10. The number of carbonyl (C=O) groups is 1. The van der Waals surface area contributed by atoms with Crippen LogP contribution in [-0.4, -0.2) is 41.7 Å². The van der Waals surface area contributed by atoms with Gasteiger partial charge in [-0.1, -0.05) is 57.9 Å². The zero-order chi connectivity index (χ0) is 28.9. The van der Waals surface area contributed by atoms with Crippen LogP contribution in [0.4, 0.5) is 5.69 Å². The molecule has 1 unspecified atom stereocenters. The van der Waals surface area contributed by atoms with Crippen molar-refractivity contribution in [2.45, 2.75) is 37.8 Å². The van der Waals surface area contributed by atoms with Crippen molar-refractivity contribution in [1.82, 2.24) is 14.3 Å². The minimum Gasteiger partial charge on any atom is -0.331 e. The summed E-state index contributed by atoms with van der Waals surface area (Å²) in [4.78, 5) is 28.8. The number of benzene rings is 3. The SMILES string of the molecule is Cc1c(N(C)S(=O)(=O)c2ccc(Cl)c(C(=O)N3Cc4c(Br)cccc4CC3C)c2)c(=O)n(-c2ccccc2)n1C. The van der Waals surface area contributed by atoms with Crippen LogP contribution in [0.25, 0.3) is 5.69 Å².